The van der Waals surface area contributed by atoms with Crippen LogP contribution in [0.2, 0.25) is 0 Å². The first-order valence-corrected chi connectivity index (χ1v) is 6.00. The molecular weight excluding hydrogens is 212 g/mol. The Hall–Kier alpha value is -1.47. The van der Waals surface area contributed by atoms with Gasteiger partial charge < -0.3 is 0 Å². The maximum Gasteiger partial charge on any atom is 0.0119 e. The second-order valence-corrected chi connectivity index (χ2v) is 5.18. The molecule has 0 aromatic heterocycles. The molecule has 80 valence electrons. The molecule has 0 saturated carbocycles. The normalized spacial score (nSPS) is 10.3. The number of hydrogen-bond acceptors (Lipinski definition) is 1. The molecule has 0 nitrogen and oxygen atoms in total. The fourth-order valence-electron chi connectivity index (χ4n) is 1.63. The van der Waals surface area contributed by atoms with Gasteiger partial charge in [-0.2, -0.15) is 0 Å². The van der Waals surface area contributed by atoms with E-state index in [1.165, 1.54) is 16.3 Å². The van der Waals surface area contributed by atoms with Gasteiger partial charge in [0.2, 0.25) is 0 Å². The summed E-state index contributed by atoms with van der Waals surface area (Å²) in [7, 11) is 0. The summed E-state index contributed by atoms with van der Waals surface area (Å²) in [6, 6.07) is 14.8. The summed E-state index contributed by atoms with van der Waals surface area (Å²) in [6.45, 7) is 9.96. The lowest BCUT2D eigenvalue weighted by atomic mass is 10.1. The average Bonchev–Trinajstić information content (AvgIpc) is 2.27. The lowest BCUT2D eigenvalue weighted by molar-refractivity contribution is 1.69. The first-order valence-electron chi connectivity index (χ1n) is 5.18. The standard InChI is InChI=1S/C15H14S/c1-11(2)16-12(3)14-9-8-13-6-4-5-7-15(13)10-14/h4-10H,1,3H2,2H3. The number of rotatable bonds is 3. The molecule has 2 aromatic rings. The second kappa shape index (κ2) is 4.58. The highest BCUT2D eigenvalue weighted by Gasteiger charge is 2.01. The van der Waals surface area contributed by atoms with Crippen LogP contribution in [0.15, 0.2) is 60.5 Å². The van der Waals surface area contributed by atoms with Crippen molar-refractivity contribution in [3.8, 4) is 0 Å². The van der Waals surface area contributed by atoms with E-state index in [0.717, 1.165) is 9.81 Å². The number of hydrogen-bond donors (Lipinski definition) is 0. The molecule has 2 aromatic carbocycles. The van der Waals surface area contributed by atoms with E-state index in [0.29, 0.717) is 0 Å². The van der Waals surface area contributed by atoms with Crippen LogP contribution in [-0.2, 0) is 0 Å². The van der Waals surface area contributed by atoms with Crippen molar-refractivity contribution in [3.63, 3.8) is 0 Å². The minimum Gasteiger partial charge on any atom is -0.0955 e. The highest BCUT2D eigenvalue weighted by Crippen LogP contribution is 2.32. The zero-order valence-electron chi connectivity index (χ0n) is 9.36. The molecule has 0 spiro atoms. The van der Waals surface area contributed by atoms with Crippen LogP contribution in [0.4, 0.5) is 0 Å². The van der Waals surface area contributed by atoms with Crippen molar-refractivity contribution in [2.45, 2.75) is 6.92 Å². The molecule has 1 heteroatoms. The fraction of sp³-hybridized carbons (Fsp3) is 0.0667. The molecule has 16 heavy (non-hydrogen) atoms. The fourth-order valence-corrected chi connectivity index (χ4v) is 2.30. The Bertz CT molecular complexity index is 552. The second-order valence-electron chi connectivity index (χ2n) is 3.79. The van der Waals surface area contributed by atoms with Crippen molar-refractivity contribution in [2.24, 2.45) is 0 Å². The van der Waals surface area contributed by atoms with Crippen LogP contribution in [0.25, 0.3) is 15.7 Å². The Kier molecular flexibility index (Phi) is 3.16. The summed E-state index contributed by atoms with van der Waals surface area (Å²) in [5, 5.41) is 2.52. The monoisotopic (exact) mass is 226 g/mol. The van der Waals surface area contributed by atoms with Gasteiger partial charge >= 0.3 is 0 Å². The summed E-state index contributed by atoms with van der Waals surface area (Å²) in [5.74, 6) is 0. The van der Waals surface area contributed by atoms with E-state index in [1.54, 1.807) is 11.8 Å². The van der Waals surface area contributed by atoms with Gasteiger partial charge in [0.05, 0.1) is 0 Å². The summed E-state index contributed by atoms with van der Waals surface area (Å²) < 4.78 is 0. The van der Waals surface area contributed by atoms with Crippen molar-refractivity contribution < 1.29 is 0 Å². The predicted molar refractivity (Wildman–Crippen MR) is 75.4 cm³/mol. The van der Waals surface area contributed by atoms with Crippen molar-refractivity contribution in [3.05, 3.63) is 66.1 Å². The van der Waals surface area contributed by atoms with Gasteiger partial charge in [-0.05, 0) is 34.2 Å². The number of thioether (sulfide) groups is 1. The highest BCUT2D eigenvalue weighted by atomic mass is 32.2. The average molecular weight is 226 g/mol. The van der Waals surface area contributed by atoms with Crippen LogP contribution < -0.4 is 0 Å². The Morgan fingerprint density at radius 2 is 1.69 bits per heavy atom. The molecule has 2 rings (SSSR count). The Labute approximate surface area is 101 Å². The molecule has 0 atom stereocenters. The molecule has 0 amide bonds. The van der Waals surface area contributed by atoms with Crippen LogP contribution in [-0.4, -0.2) is 0 Å². The van der Waals surface area contributed by atoms with E-state index < -0.39 is 0 Å². The Balaban J connectivity index is 2.39. The quantitative estimate of drug-likeness (QED) is 0.703. The molecule has 0 aliphatic carbocycles. The van der Waals surface area contributed by atoms with Gasteiger partial charge in [-0.25, -0.2) is 0 Å². The first kappa shape index (κ1) is 11.0. The van der Waals surface area contributed by atoms with Crippen molar-refractivity contribution in [1.82, 2.24) is 0 Å². The molecule has 0 aliphatic rings. The van der Waals surface area contributed by atoms with E-state index in [9.17, 15) is 0 Å². The minimum atomic E-state index is 1.05. The SMILES string of the molecule is C=C(C)SC(=C)c1ccc2ccccc2c1. The molecule has 0 radical (unpaired) electrons. The van der Waals surface area contributed by atoms with Gasteiger partial charge in [0.15, 0.2) is 0 Å². The van der Waals surface area contributed by atoms with Crippen LogP contribution >= 0.6 is 11.8 Å². The van der Waals surface area contributed by atoms with Crippen LogP contribution in [0.5, 0.6) is 0 Å². The molecule has 0 unspecified atom stereocenters. The van der Waals surface area contributed by atoms with Gasteiger partial charge in [0.1, 0.15) is 0 Å². The highest BCUT2D eigenvalue weighted by molar-refractivity contribution is 8.11. The van der Waals surface area contributed by atoms with Crippen LogP contribution in [0.3, 0.4) is 0 Å². The smallest absolute Gasteiger partial charge is 0.0119 e. The minimum absolute atomic E-state index is 1.05. The van der Waals surface area contributed by atoms with E-state index >= 15 is 0 Å². The first-order chi connectivity index (χ1) is 7.66. The number of allylic oxidation sites excluding steroid dienone is 1. The molecule has 0 N–H and O–H groups in total. The molecule has 0 bridgehead atoms. The van der Waals surface area contributed by atoms with Crippen molar-refractivity contribution >= 4 is 27.4 Å². The Morgan fingerprint density at radius 3 is 2.38 bits per heavy atom. The number of fused-ring (bicyclic) bond motifs is 1. The lowest BCUT2D eigenvalue weighted by Gasteiger charge is -2.06. The predicted octanol–water partition coefficient (Wildman–Crippen LogP) is 5.08. The van der Waals surface area contributed by atoms with E-state index in [2.05, 4.69) is 55.6 Å². The molecule has 0 heterocycles. The summed E-state index contributed by atoms with van der Waals surface area (Å²) in [4.78, 5) is 2.12. The van der Waals surface area contributed by atoms with Gasteiger partial charge in [0.25, 0.3) is 0 Å². The maximum absolute atomic E-state index is 4.07. The van der Waals surface area contributed by atoms with Gasteiger partial charge in [0, 0.05) is 4.91 Å². The number of benzene rings is 2. The van der Waals surface area contributed by atoms with Crippen LogP contribution in [0, 0.1) is 0 Å². The van der Waals surface area contributed by atoms with Gasteiger partial charge in [-0.3, -0.25) is 0 Å². The zero-order chi connectivity index (χ0) is 11.5. The molecule has 0 aliphatic heterocycles. The topological polar surface area (TPSA) is 0 Å². The largest absolute Gasteiger partial charge is 0.0955 e. The molecule has 0 saturated heterocycles. The summed E-state index contributed by atoms with van der Waals surface area (Å²) >= 11 is 1.63. The third-order valence-corrected chi connectivity index (χ3v) is 3.20. The van der Waals surface area contributed by atoms with Gasteiger partial charge in [-0.1, -0.05) is 61.3 Å². The van der Waals surface area contributed by atoms with E-state index in [4.69, 9.17) is 0 Å². The van der Waals surface area contributed by atoms with E-state index in [-0.39, 0.29) is 0 Å². The van der Waals surface area contributed by atoms with Crippen molar-refractivity contribution in [2.75, 3.05) is 0 Å². The third kappa shape index (κ3) is 2.37. The van der Waals surface area contributed by atoms with Gasteiger partial charge in [-0.15, -0.1) is 0 Å². The molecular formula is C15H14S. The molecule has 0 fully saturated rings. The third-order valence-electron chi connectivity index (χ3n) is 2.37. The summed E-state index contributed by atoms with van der Waals surface area (Å²) in [6.07, 6.45) is 0. The van der Waals surface area contributed by atoms with E-state index in [1.807, 2.05) is 6.92 Å². The lowest BCUT2D eigenvalue weighted by Crippen LogP contribution is -1.79. The van der Waals surface area contributed by atoms with Crippen LogP contribution in [0.1, 0.15) is 12.5 Å². The maximum atomic E-state index is 4.07. The Morgan fingerprint density at radius 1 is 1.00 bits per heavy atom. The summed E-state index contributed by atoms with van der Waals surface area (Å²) in [5.41, 5.74) is 1.17. The van der Waals surface area contributed by atoms with Crippen molar-refractivity contribution in [1.29, 1.82) is 0 Å². The zero-order valence-corrected chi connectivity index (χ0v) is 10.2.